The smallest absolute Gasteiger partial charge is 0.341 e. The van der Waals surface area contributed by atoms with Gasteiger partial charge in [0.2, 0.25) is 0 Å². The molecule has 0 saturated carbocycles. The summed E-state index contributed by atoms with van der Waals surface area (Å²) in [7, 11) is 1.27. The van der Waals surface area contributed by atoms with Gasteiger partial charge in [0.1, 0.15) is 16.4 Å². The highest BCUT2D eigenvalue weighted by Gasteiger charge is 2.23. The Morgan fingerprint density at radius 3 is 2.46 bits per heavy atom. The summed E-state index contributed by atoms with van der Waals surface area (Å²) in [5.41, 5.74) is 1.92. The largest absolute Gasteiger partial charge is 0.465 e. The van der Waals surface area contributed by atoms with Gasteiger partial charge in [-0.3, -0.25) is 4.79 Å². The molecule has 7 heteroatoms. The zero-order chi connectivity index (χ0) is 18.7. The van der Waals surface area contributed by atoms with Crippen LogP contribution in [0.2, 0.25) is 0 Å². The van der Waals surface area contributed by atoms with E-state index in [1.165, 1.54) is 30.6 Å². The van der Waals surface area contributed by atoms with Crippen LogP contribution >= 0.6 is 27.3 Å². The number of carbonyl (C=O) groups excluding carboxylic acids is 2. The highest BCUT2D eigenvalue weighted by atomic mass is 79.9. The quantitative estimate of drug-likeness (QED) is 0.563. The lowest BCUT2D eigenvalue weighted by atomic mass is 10.0. The summed E-state index contributed by atoms with van der Waals surface area (Å²) in [4.78, 5) is 24.8. The van der Waals surface area contributed by atoms with Crippen LogP contribution in [0.25, 0.3) is 11.1 Å². The van der Waals surface area contributed by atoms with Crippen molar-refractivity contribution >= 4 is 44.1 Å². The highest BCUT2D eigenvalue weighted by Crippen LogP contribution is 2.36. The Bertz CT molecular complexity index is 969. The Balaban J connectivity index is 2.00. The fourth-order valence-corrected chi connectivity index (χ4v) is 3.83. The molecule has 0 atom stereocenters. The number of ether oxygens (including phenoxy) is 1. The molecule has 0 unspecified atom stereocenters. The lowest BCUT2D eigenvalue weighted by Crippen LogP contribution is -2.14. The van der Waals surface area contributed by atoms with Gasteiger partial charge in [0.05, 0.1) is 12.7 Å². The second kappa shape index (κ2) is 7.80. The first kappa shape index (κ1) is 18.3. The standard InChI is InChI=1S/C19H13BrFNO3S/c1-25-19(24)16-14(11-6-8-12(21)9-7-11)10-26-18(16)22-17(23)13-4-2-3-5-15(13)20/h2-10H,1H3,(H,22,23). The number of thiophene rings is 1. The van der Waals surface area contributed by atoms with Crippen molar-refractivity contribution in [2.24, 2.45) is 0 Å². The molecule has 0 bridgehead atoms. The molecular weight excluding hydrogens is 421 g/mol. The first-order valence-electron chi connectivity index (χ1n) is 7.53. The van der Waals surface area contributed by atoms with Gasteiger partial charge in [0.15, 0.2) is 0 Å². The van der Waals surface area contributed by atoms with Crippen molar-refractivity contribution in [3.63, 3.8) is 0 Å². The minimum Gasteiger partial charge on any atom is -0.465 e. The number of esters is 1. The molecule has 1 amide bonds. The Labute approximate surface area is 161 Å². The number of nitrogens with one attached hydrogen (secondary N) is 1. The van der Waals surface area contributed by atoms with E-state index in [2.05, 4.69) is 21.2 Å². The SMILES string of the molecule is COC(=O)c1c(-c2ccc(F)cc2)csc1NC(=O)c1ccccc1Br. The summed E-state index contributed by atoms with van der Waals surface area (Å²) in [6.07, 6.45) is 0. The average Bonchev–Trinajstić information content (AvgIpc) is 3.05. The number of anilines is 1. The van der Waals surface area contributed by atoms with Crippen LogP contribution in [0.15, 0.2) is 58.4 Å². The first-order valence-corrected chi connectivity index (χ1v) is 9.20. The minimum atomic E-state index is -0.576. The van der Waals surface area contributed by atoms with E-state index >= 15 is 0 Å². The molecule has 1 aromatic heterocycles. The normalized spacial score (nSPS) is 10.4. The van der Waals surface area contributed by atoms with Gasteiger partial charge in [0.25, 0.3) is 5.91 Å². The molecule has 0 fully saturated rings. The van der Waals surface area contributed by atoms with Crippen molar-refractivity contribution in [3.05, 3.63) is 75.3 Å². The Morgan fingerprint density at radius 1 is 1.12 bits per heavy atom. The Kier molecular flexibility index (Phi) is 5.49. The van der Waals surface area contributed by atoms with E-state index in [1.807, 2.05) is 0 Å². The number of methoxy groups -OCH3 is 1. The summed E-state index contributed by atoms with van der Waals surface area (Å²) >= 11 is 4.54. The fraction of sp³-hybridized carbons (Fsp3) is 0.0526. The predicted octanol–water partition coefficient (Wildman–Crippen LogP) is 5.36. The highest BCUT2D eigenvalue weighted by molar-refractivity contribution is 9.10. The van der Waals surface area contributed by atoms with E-state index in [0.29, 0.717) is 26.2 Å². The van der Waals surface area contributed by atoms with Gasteiger partial charge >= 0.3 is 5.97 Å². The van der Waals surface area contributed by atoms with Crippen molar-refractivity contribution < 1.29 is 18.7 Å². The van der Waals surface area contributed by atoms with E-state index < -0.39 is 5.97 Å². The molecule has 2 aromatic carbocycles. The van der Waals surface area contributed by atoms with Crippen LogP contribution in [0.5, 0.6) is 0 Å². The van der Waals surface area contributed by atoms with Gasteiger partial charge in [0, 0.05) is 15.4 Å². The summed E-state index contributed by atoms with van der Waals surface area (Å²) in [6.45, 7) is 0. The molecule has 3 aromatic rings. The minimum absolute atomic E-state index is 0.240. The molecule has 3 rings (SSSR count). The summed E-state index contributed by atoms with van der Waals surface area (Å²) in [5.74, 6) is -1.30. The van der Waals surface area contributed by atoms with Crippen LogP contribution in [0.1, 0.15) is 20.7 Å². The monoisotopic (exact) mass is 433 g/mol. The fourth-order valence-electron chi connectivity index (χ4n) is 2.41. The molecule has 26 heavy (non-hydrogen) atoms. The average molecular weight is 434 g/mol. The van der Waals surface area contributed by atoms with E-state index in [-0.39, 0.29) is 17.3 Å². The van der Waals surface area contributed by atoms with Crippen molar-refractivity contribution in [1.82, 2.24) is 0 Å². The van der Waals surface area contributed by atoms with Crippen molar-refractivity contribution in [1.29, 1.82) is 0 Å². The molecule has 0 aliphatic rings. The number of carbonyl (C=O) groups is 2. The van der Waals surface area contributed by atoms with Gasteiger partial charge in [-0.1, -0.05) is 24.3 Å². The lowest BCUT2D eigenvalue weighted by Gasteiger charge is -2.09. The van der Waals surface area contributed by atoms with Gasteiger partial charge < -0.3 is 10.1 Å². The molecule has 1 heterocycles. The van der Waals surface area contributed by atoms with Crippen molar-refractivity contribution in [2.45, 2.75) is 0 Å². The molecule has 0 aliphatic carbocycles. The third kappa shape index (κ3) is 3.68. The van der Waals surface area contributed by atoms with E-state index in [1.54, 1.807) is 41.8 Å². The van der Waals surface area contributed by atoms with E-state index in [0.717, 1.165) is 0 Å². The molecule has 0 spiro atoms. The van der Waals surface area contributed by atoms with Gasteiger partial charge in [-0.2, -0.15) is 0 Å². The van der Waals surface area contributed by atoms with Crippen LogP contribution in [0.4, 0.5) is 9.39 Å². The van der Waals surface area contributed by atoms with Crippen LogP contribution in [0, 0.1) is 5.82 Å². The maximum atomic E-state index is 13.2. The molecular formula is C19H13BrFNO3S. The number of rotatable bonds is 4. The zero-order valence-corrected chi connectivity index (χ0v) is 16.0. The third-order valence-electron chi connectivity index (χ3n) is 3.68. The van der Waals surface area contributed by atoms with Crippen molar-refractivity contribution in [2.75, 3.05) is 12.4 Å². The number of hydrogen-bond donors (Lipinski definition) is 1. The third-order valence-corrected chi connectivity index (χ3v) is 5.27. The molecule has 0 aliphatic heterocycles. The van der Waals surface area contributed by atoms with Gasteiger partial charge in [-0.05, 0) is 45.8 Å². The molecule has 4 nitrogen and oxygen atoms in total. The number of halogens is 2. The second-order valence-corrected chi connectivity index (χ2v) is 7.02. The number of amides is 1. The molecule has 0 saturated heterocycles. The first-order chi connectivity index (χ1) is 12.5. The number of benzene rings is 2. The van der Waals surface area contributed by atoms with E-state index in [9.17, 15) is 14.0 Å². The number of hydrogen-bond acceptors (Lipinski definition) is 4. The molecule has 132 valence electrons. The Morgan fingerprint density at radius 2 is 1.81 bits per heavy atom. The predicted molar refractivity (Wildman–Crippen MR) is 103 cm³/mol. The maximum absolute atomic E-state index is 13.2. The van der Waals surface area contributed by atoms with Gasteiger partial charge in [-0.25, -0.2) is 9.18 Å². The van der Waals surface area contributed by atoms with E-state index in [4.69, 9.17) is 4.74 Å². The maximum Gasteiger partial charge on any atom is 0.341 e. The summed E-state index contributed by atoms with van der Waals surface area (Å²) < 4.78 is 18.7. The lowest BCUT2D eigenvalue weighted by molar-refractivity contribution is 0.0603. The molecule has 0 radical (unpaired) electrons. The Hall–Kier alpha value is -2.51. The zero-order valence-electron chi connectivity index (χ0n) is 13.6. The van der Waals surface area contributed by atoms with Crippen molar-refractivity contribution in [3.8, 4) is 11.1 Å². The molecule has 1 N–H and O–H groups in total. The summed E-state index contributed by atoms with van der Waals surface area (Å²) in [5, 5.41) is 4.86. The topological polar surface area (TPSA) is 55.4 Å². The second-order valence-electron chi connectivity index (χ2n) is 5.29. The summed E-state index contributed by atoms with van der Waals surface area (Å²) in [6, 6.07) is 12.8. The van der Waals surface area contributed by atoms with Crippen LogP contribution in [0.3, 0.4) is 0 Å². The van der Waals surface area contributed by atoms with Crippen LogP contribution in [-0.2, 0) is 4.74 Å². The van der Waals surface area contributed by atoms with Crippen LogP contribution < -0.4 is 5.32 Å². The van der Waals surface area contributed by atoms with Gasteiger partial charge in [-0.15, -0.1) is 11.3 Å². The van der Waals surface area contributed by atoms with Crippen LogP contribution in [-0.4, -0.2) is 19.0 Å².